The van der Waals surface area contributed by atoms with E-state index in [1.807, 2.05) is 29.6 Å². The maximum absolute atomic E-state index is 12.7. The first-order valence-corrected chi connectivity index (χ1v) is 10.4. The zero-order chi connectivity index (χ0) is 18.5. The number of likely N-dealkylation sites (N-methyl/N-ethyl adjacent to an activating group) is 1. The van der Waals surface area contributed by atoms with Gasteiger partial charge in [0.15, 0.2) is 11.7 Å². The molecular formula is C19H21BrN4OS. The van der Waals surface area contributed by atoms with Crippen LogP contribution in [0.3, 0.4) is 0 Å². The first-order valence-electron chi connectivity index (χ1n) is 8.69. The fraction of sp³-hybridized carbons (Fsp3) is 0.421. The normalized spacial score (nSPS) is 17.0. The van der Waals surface area contributed by atoms with Gasteiger partial charge in [-0.15, -0.1) is 11.3 Å². The van der Waals surface area contributed by atoms with Crippen molar-refractivity contribution in [3.05, 3.63) is 39.1 Å². The van der Waals surface area contributed by atoms with Crippen LogP contribution in [0, 0.1) is 11.3 Å². The molecule has 0 spiro atoms. The number of rotatable bonds is 6. The van der Waals surface area contributed by atoms with Crippen LogP contribution in [0.15, 0.2) is 34.1 Å². The van der Waals surface area contributed by atoms with E-state index in [0.717, 1.165) is 48.5 Å². The SMILES string of the molecule is CCN1CCN(CC(=O)[C@@H](C#N)c2nc(-c3ccc(Br)cc3)cs2)CC1. The summed E-state index contributed by atoms with van der Waals surface area (Å²) in [6, 6.07) is 10.0. The summed E-state index contributed by atoms with van der Waals surface area (Å²) in [4.78, 5) is 21.7. The number of carbonyl (C=O) groups excluding carboxylic acids is 1. The van der Waals surface area contributed by atoms with E-state index in [-0.39, 0.29) is 5.78 Å². The standard InChI is InChI=1S/C19H21BrN4OS/c1-2-23-7-9-24(10-8-23)12-18(25)16(11-21)19-22-17(13-26-19)14-3-5-15(20)6-4-14/h3-6,13,16H,2,7-10,12H2,1H3/t16-/m1/s1. The van der Waals surface area contributed by atoms with Crippen molar-refractivity contribution >= 4 is 33.0 Å². The Balaban J connectivity index is 1.66. The number of aromatic nitrogens is 1. The van der Waals surface area contributed by atoms with Gasteiger partial charge < -0.3 is 4.90 Å². The lowest BCUT2D eigenvalue weighted by molar-refractivity contribution is -0.120. The maximum atomic E-state index is 12.7. The summed E-state index contributed by atoms with van der Waals surface area (Å²) in [6.45, 7) is 7.22. The fourth-order valence-corrected chi connectivity index (χ4v) is 4.17. The van der Waals surface area contributed by atoms with Crippen molar-refractivity contribution in [2.24, 2.45) is 0 Å². The Labute approximate surface area is 166 Å². The van der Waals surface area contributed by atoms with Crippen LogP contribution in [0.4, 0.5) is 0 Å². The minimum atomic E-state index is -0.784. The fourth-order valence-electron chi connectivity index (χ4n) is 3.01. The van der Waals surface area contributed by atoms with Gasteiger partial charge >= 0.3 is 0 Å². The van der Waals surface area contributed by atoms with Gasteiger partial charge in [-0.25, -0.2) is 4.98 Å². The molecule has 1 fully saturated rings. The maximum Gasteiger partial charge on any atom is 0.170 e. The quantitative estimate of drug-likeness (QED) is 0.699. The third-order valence-electron chi connectivity index (χ3n) is 4.65. The van der Waals surface area contributed by atoms with Crippen molar-refractivity contribution in [1.82, 2.24) is 14.8 Å². The van der Waals surface area contributed by atoms with E-state index >= 15 is 0 Å². The number of Topliss-reactive ketones (excluding diaryl/α,β-unsaturated/α-hetero) is 1. The summed E-state index contributed by atoms with van der Waals surface area (Å²) >= 11 is 4.80. The molecule has 1 aliphatic heterocycles. The lowest BCUT2D eigenvalue weighted by Crippen LogP contribution is -2.48. The minimum absolute atomic E-state index is 0.0610. The molecule has 26 heavy (non-hydrogen) atoms. The highest BCUT2D eigenvalue weighted by Crippen LogP contribution is 2.28. The van der Waals surface area contributed by atoms with Gasteiger partial charge in [0.2, 0.25) is 0 Å². The van der Waals surface area contributed by atoms with Crippen molar-refractivity contribution in [2.75, 3.05) is 39.3 Å². The van der Waals surface area contributed by atoms with Crippen LogP contribution >= 0.6 is 27.3 Å². The molecule has 0 saturated carbocycles. The number of ketones is 1. The molecule has 1 saturated heterocycles. The van der Waals surface area contributed by atoms with E-state index in [0.29, 0.717) is 11.6 Å². The molecule has 0 N–H and O–H groups in total. The first-order chi connectivity index (χ1) is 12.6. The van der Waals surface area contributed by atoms with Crippen LogP contribution in [0.5, 0.6) is 0 Å². The van der Waals surface area contributed by atoms with E-state index < -0.39 is 5.92 Å². The second-order valence-electron chi connectivity index (χ2n) is 6.32. The minimum Gasteiger partial charge on any atom is -0.301 e. The predicted octanol–water partition coefficient (Wildman–Crippen LogP) is 3.39. The first kappa shape index (κ1) is 19.2. The van der Waals surface area contributed by atoms with Crippen LogP contribution < -0.4 is 0 Å². The molecule has 1 aliphatic rings. The molecule has 0 radical (unpaired) electrons. The summed E-state index contributed by atoms with van der Waals surface area (Å²) in [5.74, 6) is -0.845. The Hall–Kier alpha value is -1.59. The Kier molecular flexibility index (Phi) is 6.54. The van der Waals surface area contributed by atoms with E-state index in [4.69, 9.17) is 0 Å². The highest BCUT2D eigenvalue weighted by atomic mass is 79.9. The molecule has 2 heterocycles. The number of halogens is 1. The molecule has 0 unspecified atom stereocenters. The molecule has 0 amide bonds. The third-order valence-corrected chi connectivity index (χ3v) is 6.09. The molecule has 1 aromatic heterocycles. The second kappa shape index (κ2) is 8.87. The van der Waals surface area contributed by atoms with Gasteiger partial charge in [0.05, 0.1) is 18.3 Å². The molecule has 1 aromatic carbocycles. The predicted molar refractivity (Wildman–Crippen MR) is 107 cm³/mol. The van der Waals surface area contributed by atoms with Crippen LogP contribution in [-0.4, -0.2) is 59.8 Å². The Morgan fingerprint density at radius 2 is 1.92 bits per heavy atom. The molecule has 3 rings (SSSR count). The zero-order valence-electron chi connectivity index (χ0n) is 14.7. The number of benzene rings is 1. The van der Waals surface area contributed by atoms with Crippen molar-refractivity contribution in [3.63, 3.8) is 0 Å². The number of nitrogens with zero attached hydrogens (tertiary/aromatic N) is 4. The van der Waals surface area contributed by atoms with Crippen LogP contribution in [0.1, 0.15) is 17.8 Å². The van der Waals surface area contributed by atoms with Crippen molar-refractivity contribution in [2.45, 2.75) is 12.8 Å². The molecule has 2 aromatic rings. The Morgan fingerprint density at radius 3 is 2.54 bits per heavy atom. The second-order valence-corrected chi connectivity index (χ2v) is 8.12. The monoisotopic (exact) mass is 432 g/mol. The average Bonchev–Trinajstić information content (AvgIpc) is 3.13. The van der Waals surface area contributed by atoms with E-state index in [9.17, 15) is 10.1 Å². The van der Waals surface area contributed by atoms with Gasteiger partial charge in [-0.3, -0.25) is 9.69 Å². The number of thiazole rings is 1. The topological polar surface area (TPSA) is 60.2 Å². The number of piperazine rings is 1. The van der Waals surface area contributed by atoms with E-state index in [2.05, 4.69) is 43.7 Å². The van der Waals surface area contributed by atoms with Gasteiger partial charge in [-0.2, -0.15) is 5.26 Å². The van der Waals surface area contributed by atoms with Gasteiger partial charge in [0.1, 0.15) is 5.01 Å². The molecule has 7 heteroatoms. The number of carbonyl (C=O) groups is 1. The summed E-state index contributed by atoms with van der Waals surface area (Å²) in [5.41, 5.74) is 1.79. The zero-order valence-corrected chi connectivity index (χ0v) is 17.1. The highest BCUT2D eigenvalue weighted by Gasteiger charge is 2.27. The Morgan fingerprint density at radius 1 is 1.27 bits per heavy atom. The van der Waals surface area contributed by atoms with Gasteiger partial charge in [0.25, 0.3) is 0 Å². The van der Waals surface area contributed by atoms with Gasteiger partial charge in [0, 0.05) is 41.6 Å². The van der Waals surface area contributed by atoms with Crippen LogP contribution in [0.25, 0.3) is 11.3 Å². The highest BCUT2D eigenvalue weighted by molar-refractivity contribution is 9.10. The molecule has 5 nitrogen and oxygen atoms in total. The van der Waals surface area contributed by atoms with Crippen molar-refractivity contribution in [1.29, 1.82) is 5.26 Å². The molecule has 0 aliphatic carbocycles. The van der Waals surface area contributed by atoms with Crippen LogP contribution in [0.2, 0.25) is 0 Å². The molecule has 136 valence electrons. The van der Waals surface area contributed by atoms with Crippen molar-refractivity contribution in [3.8, 4) is 17.3 Å². The summed E-state index contributed by atoms with van der Waals surface area (Å²) < 4.78 is 1.00. The summed E-state index contributed by atoms with van der Waals surface area (Å²) in [6.07, 6.45) is 0. The van der Waals surface area contributed by atoms with Crippen molar-refractivity contribution < 1.29 is 4.79 Å². The molecule has 0 bridgehead atoms. The average molecular weight is 433 g/mol. The molecular weight excluding hydrogens is 412 g/mol. The lowest BCUT2D eigenvalue weighted by Gasteiger charge is -2.33. The number of nitriles is 1. The Bertz CT molecular complexity index is 791. The number of hydrogen-bond donors (Lipinski definition) is 0. The molecule has 1 atom stereocenters. The summed E-state index contributed by atoms with van der Waals surface area (Å²) in [5, 5.41) is 12.0. The smallest absolute Gasteiger partial charge is 0.170 e. The van der Waals surface area contributed by atoms with Gasteiger partial charge in [-0.1, -0.05) is 35.0 Å². The lowest BCUT2D eigenvalue weighted by atomic mass is 10.1. The summed E-state index contributed by atoms with van der Waals surface area (Å²) in [7, 11) is 0. The number of hydrogen-bond acceptors (Lipinski definition) is 6. The largest absolute Gasteiger partial charge is 0.301 e. The van der Waals surface area contributed by atoms with E-state index in [1.54, 1.807) is 0 Å². The van der Waals surface area contributed by atoms with Gasteiger partial charge in [-0.05, 0) is 18.7 Å². The van der Waals surface area contributed by atoms with Crippen LogP contribution in [-0.2, 0) is 4.79 Å². The third kappa shape index (κ3) is 4.57. The van der Waals surface area contributed by atoms with E-state index in [1.165, 1.54) is 11.3 Å².